The molecule has 1 saturated carbocycles. The molecule has 1 N–H and O–H groups in total. The molecule has 0 aromatic heterocycles. The van der Waals surface area contributed by atoms with Crippen LogP contribution in [0, 0.1) is 5.92 Å². The maximum absolute atomic E-state index is 12.1. The molecule has 0 bridgehead atoms. The van der Waals surface area contributed by atoms with Gasteiger partial charge in [-0.05, 0) is 37.0 Å². The van der Waals surface area contributed by atoms with Crippen molar-refractivity contribution in [1.29, 1.82) is 0 Å². The van der Waals surface area contributed by atoms with Crippen molar-refractivity contribution in [2.45, 2.75) is 50.7 Å². The Balaban J connectivity index is 2.02. The highest BCUT2D eigenvalue weighted by molar-refractivity contribution is 9.10. The monoisotopic (exact) mass is 351 g/mol. The molecule has 2 fully saturated rings. The number of rotatable bonds is 1. The molecule has 1 aromatic carbocycles. The summed E-state index contributed by atoms with van der Waals surface area (Å²) in [6.07, 6.45) is 4.81. The van der Waals surface area contributed by atoms with E-state index in [1.807, 2.05) is 17.0 Å². The fraction of sp³-hybridized carbons (Fsp3) is 0.588. The summed E-state index contributed by atoms with van der Waals surface area (Å²) in [5.41, 5.74) is 0.529. The lowest BCUT2D eigenvalue weighted by Gasteiger charge is -2.52. The maximum Gasteiger partial charge on any atom is 0.219 e. The Labute approximate surface area is 134 Å². The van der Waals surface area contributed by atoms with Crippen molar-refractivity contribution in [3.05, 3.63) is 34.3 Å². The molecule has 3 nitrogen and oxygen atoms in total. The lowest BCUT2D eigenvalue weighted by molar-refractivity contribution is -0.153. The Bertz CT molecular complexity index is 547. The number of benzene rings is 1. The summed E-state index contributed by atoms with van der Waals surface area (Å²) in [6, 6.07) is 8.16. The average Bonchev–Trinajstić information content (AvgIpc) is 2.45. The molecule has 21 heavy (non-hydrogen) atoms. The quantitative estimate of drug-likeness (QED) is 0.838. The van der Waals surface area contributed by atoms with Crippen molar-refractivity contribution < 1.29 is 9.90 Å². The van der Waals surface area contributed by atoms with Gasteiger partial charge in [0, 0.05) is 23.9 Å². The number of amides is 1. The lowest BCUT2D eigenvalue weighted by Crippen LogP contribution is -2.55. The van der Waals surface area contributed by atoms with Crippen LogP contribution in [0.15, 0.2) is 28.7 Å². The molecule has 4 heteroatoms. The summed E-state index contributed by atoms with van der Waals surface area (Å²) in [4.78, 5) is 14.0. The van der Waals surface area contributed by atoms with Crippen LogP contribution in [0.1, 0.15) is 50.6 Å². The molecule has 1 aromatic rings. The number of likely N-dealkylation sites (tertiary alicyclic amines) is 1. The normalized spacial score (nSPS) is 32.6. The van der Waals surface area contributed by atoms with Crippen LogP contribution in [0.4, 0.5) is 0 Å². The fourth-order valence-corrected chi connectivity index (χ4v) is 4.55. The first kappa shape index (κ1) is 15.0. The predicted molar refractivity (Wildman–Crippen MR) is 85.8 cm³/mol. The van der Waals surface area contributed by atoms with Crippen LogP contribution in [0.3, 0.4) is 0 Å². The van der Waals surface area contributed by atoms with Crippen LogP contribution in [-0.4, -0.2) is 28.1 Å². The van der Waals surface area contributed by atoms with E-state index >= 15 is 0 Å². The smallest absolute Gasteiger partial charge is 0.219 e. The van der Waals surface area contributed by atoms with Gasteiger partial charge in [-0.1, -0.05) is 40.9 Å². The summed E-state index contributed by atoms with van der Waals surface area (Å²) in [5.74, 6) is 0.255. The molecule has 2 aliphatic rings. The van der Waals surface area contributed by atoms with Crippen LogP contribution >= 0.6 is 15.9 Å². The molecule has 0 radical (unpaired) electrons. The zero-order valence-electron chi connectivity index (χ0n) is 12.4. The largest absolute Gasteiger partial charge is 0.389 e. The van der Waals surface area contributed by atoms with Crippen molar-refractivity contribution in [2.75, 3.05) is 6.54 Å². The first-order valence-corrected chi connectivity index (χ1v) is 8.56. The molecule has 1 aliphatic carbocycles. The average molecular weight is 352 g/mol. The number of halogens is 1. The second-order valence-electron chi connectivity index (χ2n) is 6.42. The third-order valence-electron chi connectivity index (χ3n) is 5.16. The van der Waals surface area contributed by atoms with E-state index < -0.39 is 5.60 Å². The molecule has 0 unspecified atom stereocenters. The Kier molecular flexibility index (Phi) is 4.10. The third kappa shape index (κ3) is 2.76. The third-order valence-corrected chi connectivity index (χ3v) is 5.66. The maximum atomic E-state index is 12.1. The number of hydrogen-bond acceptors (Lipinski definition) is 2. The lowest BCUT2D eigenvalue weighted by atomic mass is 9.66. The van der Waals surface area contributed by atoms with Crippen molar-refractivity contribution >= 4 is 21.8 Å². The van der Waals surface area contributed by atoms with E-state index in [9.17, 15) is 9.90 Å². The zero-order chi connectivity index (χ0) is 15.0. The van der Waals surface area contributed by atoms with Gasteiger partial charge in [-0.3, -0.25) is 4.79 Å². The molecule has 3 atom stereocenters. The second-order valence-corrected chi connectivity index (χ2v) is 7.33. The van der Waals surface area contributed by atoms with Crippen molar-refractivity contribution in [3.63, 3.8) is 0 Å². The topological polar surface area (TPSA) is 40.5 Å². The van der Waals surface area contributed by atoms with Crippen LogP contribution in [-0.2, 0) is 4.79 Å². The standard InChI is InChI=1S/C17H22BrNO2/c1-12(20)19-10-9-17(21)8-3-2-7-15(17)16(19)13-5-4-6-14(18)11-13/h4-6,11,15-16,21H,2-3,7-10H2,1H3/t15-,16-,17+/m0/s1. The number of hydrogen-bond donors (Lipinski definition) is 1. The molecule has 1 saturated heterocycles. The van der Waals surface area contributed by atoms with Gasteiger partial charge in [-0.15, -0.1) is 0 Å². The van der Waals surface area contributed by atoms with E-state index in [1.165, 1.54) is 0 Å². The van der Waals surface area contributed by atoms with Crippen molar-refractivity contribution in [2.24, 2.45) is 5.92 Å². The summed E-state index contributed by atoms with van der Waals surface area (Å²) >= 11 is 3.52. The molecule has 1 amide bonds. The number of fused-ring (bicyclic) bond motifs is 1. The summed E-state index contributed by atoms with van der Waals surface area (Å²) in [7, 11) is 0. The number of piperidine rings is 1. The van der Waals surface area contributed by atoms with Crippen molar-refractivity contribution in [3.8, 4) is 0 Å². The Morgan fingerprint density at radius 3 is 2.90 bits per heavy atom. The van der Waals surface area contributed by atoms with Crippen LogP contribution in [0.25, 0.3) is 0 Å². The Hall–Kier alpha value is -0.870. The van der Waals surface area contributed by atoms with Crippen LogP contribution < -0.4 is 0 Å². The number of nitrogens with zero attached hydrogens (tertiary/aromatic N) is 1. The van der Waals surface area contributed by atoms with E-state index in [-0.39, 0.29) is 17.9 Å². The highest BCUT2D eigenvalue weighted by Crippen LogP contribution is 2.49. The summed E-state index contributed by atoms with van der Waals surface area (Å²) in [5, 5.41) is 11.0. The number of carbonyl (C=O) groups is 1. The molecular formula is C17H22BrNO2. The fourth-order valence-electron chi connectivity index (χ4n) is 4.14. The second kappa shape index (κ2) is 5.73. The van der Waals surface area contributed by atoms with E-state index in [1.54, 1.807) is 6.92 Å². The van der Waals surface area contributed by atoms with Gasteiger partial charge in [0.15, 0.2) is 0 Å². The zero-order valence-corrected chi connectivity index (χ0v) is 14.0. The number of carbonyl (C=O) groups excluding carboxylic acids is 1. The van der Waals surface area contributed by atoms with Gasteiger partial charge in [-0.2, -0.15) is 0 Å². The van der Waals surface area contributed by atoms with Gasteiger partial charge in [0.2, 0.25) is 5.91 Å². The van der Waals surface area contributed by atoms with Gasteiger partial charge in [0.1, 0.15) is 0 Å². The molecule has 0 spiro atoms. The first-order chi connectivity index (χ1) is 10.0. The SMILES string of the molecule is CC(=O)N1CC[C@]2(O)CCCC[C@H]2[C@@H]1c1cccc(Br)c1. The predicted octanol–water partition coefficient (Wildman–Crippen LogP) is 3.66. The van der Waals surface area contributed by atoms with E-state index in [4.69, 9.17) is 0 Å². The van der Waals surface area contributed by atoms with E-state index in [2.05, 4.69) is 28.1 Å². The number of aliphatic hydroxyl groups is 1. The van der Waals surface area contributed by atoms with Gasteiger partial charge in [0.05, 0.1) is 11.6 Å². The molecule has 114 valence electrons. The van der Waals surface area contributed by atoms with Gasteiger partial charge in [0.25, 0.3) is 0 Å². The van der Waals surface area contributed by atoms with Gasteiger partial charge >= 0.3 is 0 Å². The molecule has 1 aliphatic heterocycles. The minimum atomic E-state index is -0.600. The highest BCUT2D eigenvalue weighted by Gasteiger charge is 2.49. The molecular weight excluding hydrogens is 330 g/mol. The van der Waals surface area contributed by atoms with E-state index in [0.29, 0.717) is 13.0 Å². The highest BCUT2D eigenvalue weighted by atomic mass is 79.9. The van der Waals surface area contributed by atoms with Crippen LogP contribution in [0.2, 0.25) is 0 Å². The minimum absolute atomic E-state index is 0.000880. The van der Waals surface area contributed by atoms with Gasteiger partial charge < -0.3 is 10.0 Å². The summed E-state index contributed by atoms with van der Waals surface area (Å²) in [6.45, 7) is 2.29. The molecule has 1 heterocycles. The summed E-state index contributed by atoms with van der Waals surface area (Å²) < 4.78 is 1.02. The minimum Gasteiger partial charge on any atom is -0.389 e. The van der Waals surface area contributed by atoms with E-state index in [0.717, 1.165) is 35.7 Å². The first-order valence-electron chi connectivity index (χ1n) is 7.76. The van der Waals surface area contributed by atoms with Crippen LogP contribution in [0.5, 0.6) is 0 Å². The Morgan fingerprint density at radius 1 is 1.38 bits per heavy atom. The van der Waals surface area contributed by atoms with Crippen molar-refractivity contribution in [1.82, 2.24) is 4.90 Å². The molecule has 3 rings (SSSR count). The van der Waals surface area contributed by atoms with Gasteiger partial charge in [-0.25, -0.2) is 0 Å². The Morgan fingerprint density at radius 2 is 2.19 bits per heavy atom.